The van der Waals surface area contributed by atoms with E-state index in [-0.39, 0.29) is 5.57 Å². The average molecular weight is 438 g/mol. The molecule has 0 saturated heterocycles. The Morgan fingerprint density at radius 1 is 0.939 bits per heavy atom. The highest BCUT2D eigenvalue weighted by atomic mass is 16.5. The van der Waals surface area contributed by atoms with E-state index < -0.39 is 5.91 Å². The zero-order chi connectivity index (χ0) is 23.4. The van der Waals surface area contributed by atoms with Gasteiger partial charge in [0.2, 0.25) is 0 Å². The fraction of sp³-hybridized carbons (Fsp3) is 0.111. The highest BCUT2D eigenvalue weighted by Gasteiger charge is 2.24. The van der Waals surface area contributed by atoms with Crippen LogP contribution in [0.4, 0.5) is 5.69 Å². The third-order valence-electron chi connectivity index (χ3n) is 5.25. The zero-order valence-corrected chi connectivity index (χ0v) is 18.5. The van der Waals surface area contributed by atoms with Crippen molar-refractivity contribution in [2.24, 2.45) is 0 Å². The highest BCUT2D eigenvalue weighted by Crippen LogP contribution is 2.39. The van der Waals surface area contributed by atoms with E-state index in [0.717, 1.165) is 16.9 Å². The maximum Gasteiger partial charge on any atom is 0.266 e. The van der Waals surface area contributed by atoms with E-state index in [9.17, 15) is 10.1 Å². The number of carbonyl (C=O) groups excluding carboxylic acids is 1. The molecule has 1 amide bonds. The van der Waals surface area contributed by atoms with Gasteiger partial charge in [-0.15, -0.1) is 0 Å². The van der Waals surface area contributed by atoms with Gasteiger partial charge in [-0.05, 0) is 73.7 Å². The van der Waals surface area contributed by atoms with Crippen LogP contribution in [0.1, 0.15) is 16.7 Å². The Morgan fingerprint density at radius 2 is 1.58 bits per heavy atom. The number of methoxy groups -OCH3 is 2. The molecule has 3 aromatic carbocycles. The van der Waals surface area contributed by atoms with Crippen LogP contribution >= 0.6 is 0 Å². The van der Waals surface area contributed by atoms with E-state index in [4.69, 9.17) is 14.2 Å². The van der Waals surface area contributed by atoms with Crippen LogP contribution in [-0.2, 0) is 4.79 Å². The number of hydrogen-bond acceptors (Lipinski definition) is 5. The number of hydrogen-bond donors (Lipinski definition) is 1. The number of anilines is 1. The van der Waals surface area contributed by atoms with Crippen LogP contribution < -0.4 is 19.5 Å². The van der Waals surface area contributed by atoms with Gasteiger partial charge in [-0.1, -0.05) is 11.6 Å². The molecule has 33 heavy (non-hydrogen) atoms. The molecule has 1 aliphatic rings. The molecule has 4 rings (SSSR count). The zero-order valence-electron chi connectivity index (χ0n) is 18.5. The minimum absolute atomic E-state index is 0.00743. The molecule has 0 fully saturated rings. The first-order chi connectivity index (χ1) is 16.0. The van der Waals surface area contributed by atoms with E-state index in [1.807, 2.05) is 49.4 Å². The van der Waals surface area contributed by atoms with Gasteiger partial charge in [-0.3, -0.25) is 4.79 Å². The van der Waals surface area contributed by atoms with E-state index >= 15 is 0 Å². The van der Waals surface area contributed by atoms with Gasteiger partial charge in [0, 0.05) is 22.4 Å². The maximum absolute atomic E-state index is 13.1. The van der Waals surface area contributed by atoms with Crippen molar-refractivity contribution in [2.75, 3.05) is 19.5 Å². The van der Waals surface area contributed by atoms with Crippen LogP contribution in [-0.4, -0.2) is 20.1 Å². The Kier molecular flexibility index (Phi) is 6.14. The van der Waals surface area contributed by atoms with Crippen molar-refractivity contribution < 1.29 is 19.0 Å². The lowest BCUT2D eigenvalue weighted by Gasteiger charge is -2.22. The minimum Gasteiger partial charge on any atom is -0.497 e. The van der Waals surface area contributed by atoms with Gasteiger partial charge in [-0.25, -0.2) is 0 Å². The SMILES string of the molecule is COc1ccc(NC(=O)/C(C#N)=C2\C=C(c3ccc(OC)cc3)Oc3ccc(C)cc32)cc1. The standard InChI is InChI=1S/C27H22N2O4/c1-17-4-13-25-23(14-17)22(15-26(33-25)18-5-9-20(31-2)10-6-18)24(16-28)27(30)29-19-7-11-21(32-3)12-8-19/h4-15H,1-3H3,(H,29,30)/b24-22+. The van der Waals surface area contributed by atoms with Crippen molar-refractivity contribution in [2.45, 2.75) is 6.92 Å². The van der Waals surface area contributed by atoms with Gasteiger partial charge in [0.1, 0.15) is 34.7 Å². The predicted molar refractivity (Wildman–Crippen MR) is 127 cm³/mol. The van der Waals surface area contributed by atoms with Gasteiger partial charge >= 0.3 is 0 Å². The molecule has 164 valence electrons. The first kappa shape index (κ1) is 21.7. The van der Waals surface area contributed by atoms with Crippen molar-refractivity contribution in [3.8, 4) is 23.3 Å². The van der Waals surface area contributed by atoms with Gasteiger partial charge in [0.15, 0.2) is 0 Å². The molecule has 0 aromatic heterocycles. The summed E-state index contributed by atoms with van der Waals surface area (Å²) in [5, 5.41) is 12.7. The second-order valence-corrected chi connectivity index (χ2v) is 7.42. The topological polar surface area (TPSA) is 80.6 Å². The van der Waals surface area contributed by atoms with Gasteiger partial charge in [0.05, 0.1) is 14.2 Å². The van der Waals surface area contributed by atoms with Crippen molar-refractivity contribution in [3.63, 3.8) is 0 Å². The quantitative estimate of drug-likeness (QED) is 0.428. The Labute approximate surface area is 192 Å². The van der Waals surface area contributed by atoms with Gasteiger partial charge < -0.3 is 19.5 Å². The van der Waals surface area contributed by atoms with Crippen molar-refractivity contribution in [3.05, 3.63) is 95.1 Å². The summed E-state index contributed by atoms with van der Waals surface area (Å²) in [6, 6.07) is 22.1. The normalized spacial score (nSPS) is 13.6. The Morgan fingerprint density at radius 3 is 2.18 bits per heavy atom. The summed E-state index contributed by atoms with van der Waals surface area (Å²) in [5.41, 5.74) is 3.53. The summed E-state index contributed by atoms with van der Waals surface area (Å²) in [4.78, 5) is 13.1. The van der Waals surface area contributed by atoms with Crippen molar-refractivity contribution in [1.29, 1.82) is 5.26 Å². The van der Waals surface area contributed by atoms with Gasteiger partial charge in [0.25, 0.3) is 5.91 Å². The number of nitrogens with one attached hydrogen (secondary N) is 1. The van der Waals surface area contributed by atoms with Crippen molar-refractivity contribution in [1.82, 2.24) is 0 Å². The Bertz CT molecular complexity index is 1300. The summed E-state index contributed by atoms with van der Waals surface area (Å²) < 4.78 is 16.5. The number of aryl methyl sites for hydroxylation is 1. The first-order valence-electron chi connectivity index (χ1n) is 10.3. The fourth-order valence-corrected chi connectivity index (χ4v) is 3.51. The molecule has 0 bridgehead atoms. The lowest BCUT2D eigenvalue weighted by Crippen LogP contribution is -2.16. The third kappa shape index (κ3) is 4.58. The molecule has 1 heterocycles. The highest BCUT2D eigenvalue weighted by molar-refractivity contribution is 6.14. The molecule has 1 N–H and O–H groups in total. The largest absolute Gasteiger partial charge is 0.497 e. The van der Waals surface area contributed by atoms with Crippen LogP contribution in [0.3, 0.4) is 0 Å². The molecule has 0 radical (unpaired) electrons. The lowest BCUT2D eigenvalue weighted by molar-refractivity contribution is -0.112. The minimum atomic E-state index is -0.502. The number of benzene rings is 3. The van der Waals surface area contributed by atoms with Crippen molar-refractivity contribution >= 4 is 22.9 Å². The molecule has 3 aromatic rings. The summed E-state index contributed by atoms with van der Waals surface area (Å²) in [7, 11) is 3.18. The number of nitriles is 1. The first-order valence-corrected chi connectivity index (χ1v) is 10.3. The number of ether oxygens (including phenoxy) is 3. The summed E-state index contributed by atoms with van der Waals surface area (Å²) in [6.07, 6.45) is 1.73. The Hall–Kier alpha value is -4.50. The number of rotatable bonds is 5. The molecule has 0 spiro atoms. The molecule has 0 atom stereocenters. The second-order valence-electron chi connectivity index (χ2n) is 7.42. The third-order valence-corrected chi connectivity index (χ3v) is 5.25. The van der Waals surface area contributed by atoms with E-state index in [0.29, 0.717) is 34.1 Å². The van der Waals surface area contributed by atoms with Crippen LogP contribution in [0.15, 0.2) is 78.4 Å². The van der Waals surface area contributed by atoms with Crippen LogP contribution in [0, 0.1) is 18.3 Å². The summed E-state index contributed by atoms with van der Waals surface area (Å²) in [5.74, 6) is 2.01. The molecule has 6 heteroatoms. The van der Waals surface area contributed by atoms with Crippen LogP contribution in [0.25, 0.3) is 11.3 Å². The number of nitrogens with zero attached hydrogens (tertiary/aromatic N) is 1. The number of carbonyl (C=O) groups is 1. The van der Waals surface area contributed by atoms with E-state index in [1.54, 1.807) is 44.6 Å². The van der Waals surface area contributed by atoms with Crippen LogP contribution in [0.2, 0.25) is 0 Å². The van der Waals surface area contributed by atoms with Gasteiger partial charge in [-0.2, -0.15) is 5.26 Å². The smallest absolute Gasteiger partial charge is 0.266 e. The molecular weight excluding hydrogens is 416 g/mol. The molecular formula is C27H22N2O4. The maximum atomic E-state index is 13.1. The molecule has 6 nitrogen and oxygen atoms in total. The van der Waals surface area contributed by atoms with Crippen LogP contribution in [0.5, 0.6) is 17.2 Å². The fourth-order valence-electron chi connectivity index (χ4n) is 3.51. The number of amides is 1. The number of allylic oxidation sites excluding steroid dienone is 2. The average Bonchev–Trinajstić information content (AvgIpc) is 2.85. The monoisotopic (exact) mass is 438 g/mol. The molecule has 0 aliphatic carbocycles. The second kappa shape index (κ2) is 9.33. The van der Waals surface area contributed by atoms with E-state index in [1.165, 1.54) is 0 Å². The lowest BCUT2D eigenvalue weighted by atomic mass is 9.93. The predicted octanol–water partition coefficient (Wildman–Crippen LogP) is 5.36. The Balaban J connectivity index is 1.78. The number of fused-ring (bicyclic) bond motifs is 1. The van der Waals surface area contributed by atoms with E-state index in [2.05, 4.69) is 11.4 Å². The molecule has 1 aliphatic heterocycles. The molecule has 0 unspecified atom stereocenters. The summed E-state index contributed by atoms with van der Waals surface area (Å²) >= 11 is 0. The summed E-state index contributed by atoms with van der Waals surface area (Å²) in [6.45, 7) is 1.95. The molecule has 0 saturated carbocycles.